The number of hydrogen-bond acceptors (Lipinski definition) is 20. The van der Waals surface area contributed by atoms with Crippen LogP contribution in [-0.2, 0) is 33.6 Å². The fourth-order valence-electron chi connectivity index (χ4n) is 12.8. The molecule has 1 fully saturated rings. The Hall–Kier alpha value is -13.9. The average Bonchev–Trinajstić information content (AvgIpc) is 0.828. The van der Waals surface area contributed by atoms with Crippen LogP contribution in [0.15, 0.2) is 366 Å². The number of morpholine rings is 1. The van der Waals surface area contributed by atoms with E-state index >= 15 is 0 Å². The summed E-state index contributed by atoms with van der Waals surface area (Å²) in [6.45, 7) is 14.4. The molecule has 1 heterocycles. The molecule has 20 heteroatoms. The van der Waals surface area contributed by atoms with Crippen LogP contribution in [0.1, 0.15) is 139 Å². The quantitative estimate of drug-likeness (QED) is 0.0212. The van der Waals surface area contributed by atoms with Crippen LogP contribution in [-0.4, -0.2) is 96.0 Å². The summed E-state index contributed by atoms with van der Waals surface area (Å²) in [6, 6.07) is 98.9. The zero-order chi connectivity index (χ0) is 85.3. The molecule has 121 heavy (non-hydrogen) atoms. The van der Waals surface area contributed by atoms with Crippen LogP contribution in [0.5, 0.6) is 0 Å². The molecule has 0 amide bonds. The summed E-state index contributed by atoms with van der Waals surface area (Å²) >= 11 is 4.58. The largest absolute Gasteiger partial charge is 0.378 e. The van der Waals surface area contributed by atoms with Crippen LogP contribution in [0.4, 0.5) is 5.69 Å². The Kier molecular flexibility index (Phi) is 30.0. The predicted molar refractivity (Wildman–Crippen MR) is 475 cm³/mol. The molecule has 0 bridgehead atoms. The zero-order valence-electron chi connectivity index (χ0n) is 67.2. The topological polar surface area (TPSA) is 231 Å². The van der Waals surface area contributed by atoms with E-state index in [0.717, 1.165) is 81.5 Å². The van der Waals surface area contributed by atoms with E-state index in [1.54, 1.807) is 72.8 Å². The smallest absolute Gasteiger partial charge is 0.332 e. The first-order valence-corrected chi connectivity index (χ1v) is 41.1. The van der Waals surface area contributed by atoms with Gasteiger partial charge in [-0.25, -0.2) is 14.4 Å². The van der Waals surface area contributed by atoms with E-state index in [1.807, 2.05) is 276 Å². The van der Waals surface area contributed by atoms with Gasteiger partial charge in [-0.2, -0.15) is 0 Å². The molecule has 13 aromatic carbocycles. The first kappa shape index (κ1) is 86.5. The number of carbonyl (C=O) groups is 9. The minimum absolute atomic E-state index is 0.00242. The van der Waals surface area contributed by atoms with Crippen molar-refractivity contribution in [1.82, 2.24) is 0 Å². The van der Waals surface area contributed by atoms with Crippen LogP contribution in [0.25, 0.3) is 11.1 Å². The molecule has 602 valence electrons. The van der Waals surface area contributed by atoms with Gasteiger partial charge in [0.05, 0.1) is 13.2 Å². The maximum atomic E-state index is 13.3. The number of carbonyl (C=O) groups excluding carboxylic acids is 9. The van der Waals surface area contributed by atoms with E-state index < -0.39 is 17.9 Å². The Morgan fingerprint density at radius 1 is 0.273 bits per heavy atom. The Morgan fingerprint density at radius 3 is 0.802 bits per heavy atom. The maximum absolute atomic E-state index is 13.3. The molecule has 0 N–H and O–H groups in total. The summed E-state index contributed by atoms with van der Waals surface area (Å²) in [4.78, 5) is 135. The van der Waals surface area contributed by atoms with Gasteiger partial charge in [-0.1, -0.05) is 202 Å². The van der Waals surface area contributed by atoms with E-state index in [0.29, 0.717) is 80.0 Å². The van der Waals surface area contributed by atoms with Crippen molar-refractivity contribution in [3.63, 3.8) is 0 Å². The van der Waals surface area contributed by atoms with E-state index in [1.165, 1.54) is 56.1 Å². The maximum Gasteiger partial charge on any atom is 0.332 e. The molecule has 0 saturated carbocycles. The molecule has 1 aliphatic rings. The molecule has 0 radical (unpaired) electrons. The van der Waals surface area contributed by atoms with Gasteiger partial charge in [-0.05, 0) is 231 Å². The third-order valence-electron chi connectivity index (χ3n) is 19.2. The van der Waals surface area contributed by atoms with Gasteiger partial charge in [0, 0.05) is 136 Å². The number of hydrogen-bond donors (Lipinski definition) is 0. The number of rotatable bonds is 26. The standard InChI is InChI=1S/C36H27NO4S.C34H30N2O5S.C31H25NO4S/c1-24-8-6-7-11-33(24)34(37-41-25(2)38)36(40)30-18-22-32(23-19-30)42-31-20-16-29(17-21-31)35(39)28-14-12-27(13-15-28)26-9-4-3-5-10-26;1-23-5-3-4-6-31(23)32(35-41-24(2)37)34(39)27-11-17-30(18-12-27)42-29-15-9-26(10-16-29)33(38)25-7-13-28(14-8-25)36-19-21-40-22-20-36;1-20-8-4-6-10-27(20)29(32-36-22(3)33)31(35)24-14-18-26(19-15-24)37-25-16-12-23(13-17-25)30(34)28-11-7-5-9-21(28)2/h3-23H,1-2H3;3-18H,19-22H2,1-2H3;4-19H,1-3H3/b37-34+;35-32+;32-29+. The molecule has 0 spiro atoms. The zero-order valence-corrected chi connectivity index (χ0v) is 69.7. The van der Waals surface area contributed by atoms with Crippen molar-refractivity contribution < 1.29 is 62.4 Å². The van der Waals surface area contributed by atoms with Crippen molar-refractivity contribution in [2.24, 2.45) is 15.5 Å². The van der Waals surface area contributed by atoms with Crippen LogP contribution in [0.2, 0.25) is 0 Å². The van der Waals surface area contributed by atoms with E-state index in [2.05, 4.69) is 20.4 Å². The average molecular weight is 1660 g/mol. The fourth-order valence-corrected chi connectivity index (χ4v) is 15.2. The minimum Gasteiger partial charge on any atom is -0.378 e. The van der Waals surface area contributed by atoms with Crippen LogP contribution >= 0.6 is 35.3 Å². The molecule has 1 saturated heterocycles. The highest BCUT2D eigenvalue weighted by Crippen LogP contribution is 2.34. The second-order valence-electron chi connectivity index (χ2n) is 27.8. The molecular weight excluding hydrogens is 1570 g/mol. The first-order valence-electron chi connectivity index (χ1n) is 38.6. The minimum atomic E-state index is -0.602. The molecule has 0 aliphatic carbocycles. The van der Waals surface area contributed by atoms with Crippen molar-refractivity contribution >= 4 is 111 Å². The summed E-state index contributed by atoms with van der Waals surface area (Å²) in [5.74, 6) is -2.90. The number of ketones is 6. The molecule has 0 unspecified atom stereocenters. The first-order chi connectivity index (χ1) is 58.6. The van der Waals surface area contributed by atoms with Crippen molar-refractivity contribution in [3.8, 4) is 11.1 Å². The number of oxime groups is 3. The van der Waals surface area contributed by atoms with Gasteiger partial charge in [0.15, 0.2) is 34.5 Å². The number of aryl methyl sites for hydroxylation is 4. The van der Waals surface area contributed by atoms with Gasteiger partial charge in [0.25, 0.3) is 0 Å². The van der Waals surface area contributed by atoms with Crippen molar-refractivity contribution in [2.45, 2.75) is 77.8 Å². The summed E-state index contributed by atoms with van der Waals surface area (Å²) in [7, 11) is 0. The lowest BCUT2D eigenvalue weighted by atomic mass is 9.97. The molecule has 17 nitrogen and oxygen atoms in total. The fraction of sp³-hybridized carbons (Fsp3) is 0.109. The van der Waals surface area contributed by atoms with Gasteiger partial charge < -0.3 is 24.1 Å². The second-order valence-corrected chi connectivity index (χ2v) is 31.3. The number of Topliss-reactive ketones (excluding diaryl/α,β-unsaturated/α-hetero) is 3. The molecule has 0 aromatic heterocycles. The van der Waals surface area contributed by atoms with Crippen LogP contribution < -0.4 is 4.90 Å². The normalized spacial score (nSPS) is 12.0. The highest BCUT2D eigenvalue weighted by Gasteiger charge is 2.25. The number of benzene rings is 13. The number of anilines is 1. The van der Waals surface area contributed by atoms with E-state index in [4.69, 9.17) is 19.2 Å². The number of nitrogens with zero attached hydrogens (tertiary/aromatic N) is 4. The van der Waals surface area contributed by atoms with Gasteiger partial charge in [-0.15, -0.1) is 0 Å². The summed E-state index contributed by atoms with van der Waals surface area (Å²) < 4.78 is 5.42. The van der Waals surface area contributed by atoms with Crippen molar-refractivity contribution in [3.05, 3.63) is 411 Å². The van der Waals surface area contributed by atoms with Gasteiger partial charge >= 0.3 is 17.9 Å². The lowest BCUT2D eigenvalue weighted by Gasteiger charge is -2.28. The highest BCUT2D eigenvalue weighted by molar-refractivity contribution is 7.99. The molecule has 13 aromatic rings. The van der Waals surface area contributed by atoms with Gasteiger partial charge in [0.2, 0.25) is 17.3 Å². The Morgan fingerprint density at radius 2 is 0.512 bits per heavy atom. The molecule has 1 aliphatic heterocycles. The van der Waals surface area contributed by atoms with Gasteiger partial charge in [-0.3, -0.25) is 28.8 Å². The Labute approximate surface area is 714 Å². The van der Waals surface area contributed by atoms with E-state index in [9.17, 15) is 43.2 Å². The molecular formula is C101H82N4O13S3. The highest BCUT2D eigenvalue weighted by atomic mass is 32.2. The number of ether oxygens (including phenoxy) is 1. The second kappa shape index (κ2) is 42.0. The van der Waals surface area contributed by atoms with Crippen molar-refractivity contribution in [2.75, 3.05) is 31.2 Å². The predicted octanol–water partition coefficient (Wildman–Crippen LogP) is 21.4. The summed E-state index contributed by atoms with van der Waals surface area (Å²) in [6.07, 6.45) is 0. The summed E-state index contributed by atoms with van der Waals surface area (Å²) in [5, 5.41) is 11.6. The third-order valence-corrected chi connectivity index (χ3v) is 22.2. The Balaban J connectivity index is 0.000000167. The molecule has 14 rings (SSSR count). The SMILES string of the molecule is CC(=O)O/N=C(/C(=O)c1ccc(Sc2ccc(C(=O)c3ccc(-c4ccccc4)cc3)cc2)cc1)c1ccccc1C.CC(=O)O/N=C(/C(=O)c1ccc(Sc2ccc(C(=O)c3ccc(N4CCOCC4)cc3)cc2)cc1)c1ccccc1C.CC(=O)O/N=C(/C(=O)c1ccc(Sc2ccc(C(=O)c3ccccc3C)cc2)cc1)c1ccccc1C. The lowest BCUT2D eigenvalue weighted by molar-refractivity contribution is -0.141. The monoisotopic (exact) mass is 1650 g/mol. The third kappa shape index (κ3) is 23.5. The lowest BCUT2D eigenvalue weighted by Crippen LogP contribution is -2.36. The summed E-state index contributed by atoms with van der Waals surface area (Å²) in [5.41, 5.74) is 13.9. The van der Waals surface area contributed by atoms with Crippen molar-refractivity contribution in [1.29, 1.82) is 0 Å². The van der Waals surface area contributed by atoms with Crippen LogP contribution in [0, 0.1) is 27.7 Å². The Bertz CT molecular complexity index is 6030. The van der Waals surface area contributed by atoms with E-state index in [-0.39, 0.29) is 51.8 Å². The van der Waals surface area contributed by atoms with Gasteiger partial charge in [0.1, 0.15) is 0 Å². The van der Waals surface area contributed by atoms with Crippen LogP contribution in [0.3, 0.4) is 0 Å². The molecule has 0 atom stereocenters.